The van der Waals surface area contributed by atoms with Crippen LogP contribution in [0.25, 0.3) is 33.4 Å². The normalized spacial score (nSPS) is 19.0. The van der Waals surface area contributed by atoms with Crippen molar-refractivity contribution in [1.82, 2.24) is 9.97 Å². The zero-order chi connectivity index (χ0) is 26.4. The highest BCUT2D eigenvalue weighted by atomic mass is 32.2. The number of nitrogens with one attached hydrogen (secondary N) is 2. The number of rotatable bonds is 7. The zero-order valence-electron chi connectivity index (χ0n) is 21.2. The average Bonchev–Trinajstić information content (AvgIpc) is 3.47. The molecule has 0 saturated carbocycles. The third kappa shape index (κ3) is 6.24. The number of aliphatic hydroxyl groups is 1. The average molecular weight is 525 g/mol. The van der Waals surface area contributed by atoms with E-state index >= 15 is 0 Å². The van der Waals surface area contributed by atoms with E-state index in [1.165, 1.54) is 6.07 Å². The largest absolute Gasteiger partial charge is 0.399 e. The zero-order valence-corrected chi connectivity index (χ0v) is 22.0. The van der Waals surface area contributed by atoms with Gasteiger partial charge in [-0.2, -0.15) is 11.8 Å². The predicted molar refractivity (Wildman–Crippen MR) is 150 cm³/mol. The van der Waals surface area contributed by atoms with Crippen LogP contribution >= 0.6 is 11.8 Å². The number of aromatic nitrogens is 2. The lowest BCUT2D eigenvalue weighted by atomic mass is 10.0. The fourth-order valence-electron chi connectivity index (χ4n) is 4.38. The van der Waals surface area contributed by atoms with Crippen LogP contribution in [0.3, 0.4) is 0 Å². The van der Waals surface area contributed by atoms with Crippen LogP contribution in [0.2, 0.25) is 0 Å². The number of thioether (sulfide) groups is 1. The number of hydrogen-bond acceptors (Lipinski definition) is 7. The quantitative estimate of drug-likeness (QED) is 0.247. The standard InChI is InChI=1S/C26H27FN4O3.C2H6S/c1-2-33-26-22(14-34-23(26)13-32)30-24-12-21-20(29-24)11-19(27)25(31-21)17-5-3-15(4-6-17)16-7-9-18(28)10-8-16;1-3-2/h3-12,22-23,26,29-30,32H,2,13-14,28H2,1H3;1-2H3. The molecule has 0 spiro atoms. The van der Waals surface area contributed by atoms with Crippen LogP contribution in [-0.4, -0.2) is 65.7 Å². The van der Waals surface area contributed by atoms with Crippen LogP contribution in [0, 0.1) is 5.82 Å². The van der Waals surface area contributed by atoms with Crippen LogP contribution in [0.4, 0.5) is 15.9 Å². The summed E-state index contributed by atoms with van der Waals surface area (Å²) < 4.78 is 26.4. The molecule has 1 saturated heterocycles. The molecule has 0 bridgehead atoms. The minimum Gasteiger partial charge on any atom is -0.399 e. The maximum absolute atomic E-state index is 15.0. The summed E-state index contributed by atoms with van der Waals surface area (Å²) in [4.78, 5) is 7.75. The highest BCUT2D eigenvalue weighted by molar-refractivity contribution is 7.97. The molecule has 0 amide bonds. The van der Waals surface area contributed by atoms with Crippen molar-refractivity contribution in [3.05, 3.63) is 66.5 Å². The van der Waals surface area contributed by atoms with Gasteiger partial charge in [-0.3, -0.25) is 0 Å². The maximum atomic E-state index is 15.0. The Morgan fingerprint density at radius 1 is 1.11 bits per heavy atom. The minimum atomic E-state index is -0.405. The Morgan fingerprint density at radius 3 is 2.35 bits per heavy atom. The van der Waals surface area contributed by atoms with E-state index in [1.54, 1.807) is 11.8 Å². The number of halogens is 1. The number of benzene rings is 2. The molecule has 0 radical (unpaired) electrons. The summed E-state index contributed by atoms with van der Waals surface area (Å²) in [5.74, 6) is 0.285. The topological polar surface area (TPSA) is 105 Å². The number of aromatic amines is 1. The molecule has 0 aliphatic carbocycles. The number of aliphatic hydroxyl groups excluding tert-OH is 1. The van der Waals surface area contributed by atoms with Gasteiger partial charge in [0, 0.05) is 30.0 Å². The Bertz CT molecular complexity index is 1300. The first-order chi connectivity index (χ1) is 18.0. The fourth-order valence-corrected chi connectivity index (χ4v) is 4.38. The van der Waals surface area contributed by atoms with Gasteiger partial charge < -0.3 is 30.6 Å². The second-order valence-corrected chi connectivity index (χ2v) is 9.58. The molecule has 5 rings (SSSR count). The minimum absolute atomic E-state index is 0.108. The van der Waals surface area contributed by atoms with Crippen molar-refractivity contribution in [2.24, 2.45) is 0 Å². The molecular formula is C28H33FN4O3S. The molecule has 5 N–H and O–H groups in total. The van der Waals surface area contributed by atoms with Crippen LogP contribution in [-0.2, 0) is 9.47 Å². The lowest BCUT2D eigenvalue weighted by Gasteiger charge is -2.22. The molecule has 1 fully saturated rings. The highest BCUT2D eigenvalue weighted by Crippen LogP contribution is 2.29. The second-order valence-electron chi connectivity index (χ2n) is 8.77. The first kappa shape index (κ1) is 26.9. The molecule has 2 aromatic carbocycles. The third-order valence-electron chi connectivity index (χ3n) is 6.09. The first-order valence-electron chi connectivity index (χ1n) is 12.1. The Morgan fingerprint density at radius 2 is 1.73 bits per heavy atom. The maximum Gasteiger partial charge on any atom is 0.151 e. The summed E-state index contributed by atoms with van der Waals surface area (Å²) in [5, 5.41) is 12.9. The summed E-state index contributed by atoms with van der Waals surface area (Å²) in [6.45, 7) is 2.72. The van der Waals surface area contributed by atoms with E-state index in [4.69, 9.17) is 15.2 Å². The summed E-state index contributed by atoms with van der Waals surface area (Å²) in [6.07, 6.45) is 3.43. The van der Waals surface area contributed by atoms with E-state index in [-0.39, 0.29) is 24.9 Å². The van der Waals surface area contributed by atoms with Crippen molar-refractivity contribution >= 4 is 34.3 Å². The van der Waals surface area contributed by atoms with Crippen molar-refractivity contribution in [2.45, 2.75) is 25.2 Å². The van der Waals surface area contributed by atoms with Crippen molar-refractivity contribution in [2.75, 3.05) is 43.4 Å². The Labute approximate surface area is 220 Å². The summed E-state index contributed by atoms with van der Waals surface area (Å²) in [6, 6.07) is 18.4. The van der Waals surface area contributed by atoms with Crippen LogP contribution < -0.4 is 11.1 Å². The predicted octanol–water partition coefficient (Wildman–Crippen LogP) is 5.17. The molecule has 2 aromatic heterocycles. The van der Waals surface area contributed by atoms with Crippen LogP contribution in [0.5, 0.6) is 0 Å². The lowest BCUT2D eigenvalue weighted by molar-refractivity contribution is -0.0303. The molecule has 1 aliphatic heterocycles. The summed E-state index contributed by atoms with van der Waals surface area (Å²) >= 11 is 1.75. The van der Waals surface area contributed by atoms with Crippen molar-refractivity contribution in [3.8, 4) is 22.4 Å². The molecule has 9 heteroatoms. The van der Waals surface area contributed by atoms with E-state index in [9.17, 15) is 9.50 Å². The lowest BCUT2D eigenvalue weighted by Crippen LogP contribution is -2.39. The molecular weight excluding hydrogens is 491 g/mol. The SMILES string of the molecule is CCOC1C(Nc2cc3nc(-c4ccc(-c5ccc(N)cc5)cc4)c(F)cc3[nH]2)COC1CO.CSC. The van der Waals surface area contributed by atoms with Gasteiger partial charge in [0.2, 0.25) is 0 Å². The number of pyridine rings is 1. The molecule has 3 atom stereocenters. The van der Waals surface area contributed by atoms with E-state index < -0.39 is 5.82 Å². The number of nitrogens with two attached hydrogens (primary N) is 1. The smallest absolute Gasteiger partial charge is 0.151 e. The Balaban J connectivity index is 0.00000102. The molecule has 37 heavy (non-hydrogen) atoms. The Hall–Kier alpha value is -3.11. The van der Waals surface area contributed by atoms with Crippen LogP contribution in [0.15, 0.2) is 60.7 Å². The number of anilines is 2. The van der Waals surface area contributed by atoms with Gasteiger partial charge in [-0.15, -0.1) is 0 Å². The van der Waals surface area contributed by atoms with Crippen molar-refractivity contribution in [3.63, 3.8) is 0 Å². The van der Waals surface area contributed by atoms with E-state index in [0.29, 0.717) is 47.0 Å². The van der Waals surface area contributed by atoms with Crippen LogP contribution in [0.1, 0.15) is 6.92 Å². The summed E-state index contributed by atoms with van der Waals surface area (Å²) in [7, 11) is 0. The second kappa shape index (κ2) is 12.4. The number of nitrogens with zero attached hydrogens (tertiary/aromatic N) is 1. The van der Waals surface area contributed by atoms with Gasteiger partial charge in [0.25, 0.3) is 0 Å². The molecule has 196 valence electrons. The van der Waals surface area contributed by atoms with Gasteiger partial charge in [0.1, 0.15) is 23.7 Å². The van der Waals surface area contributed by atoms with E-state index in [0.717, 1.165) is 11.1 Å². The van der Waals surface area contributed by atoms with Gasteiger partial charge in [-0.05, 0) is 42.7 Å². The van der Waals surface area contributed by atoms with E-state index in [2.05, 4.69) is 15.3 Å². The number of hydrogen-bond donors (Lipinski definition) is 4. The monoisotopic (exact) mass is 524 g/mol. The molecule has 7 nitrogen and oxygen atoms in total. The van der Waals surface area contributed by atoms with Crippen molar-refractivity contribution < 1.29 is 19.0 Å². The molecule has 3 unspecified atom stereocenters. The number of H-pyrrole nitrogens is 1. The first-order valence-corrected chi connectivity index (χ1v) is 13.8. The van der Waals surface area contributed by atoms with Gasteiger partial charge in [-0.1, -0.05) is 36.4 Å². The highest BCUT2D eigenvalue weighted by Gasteiger charge is 2.37. The van der Waals surface area contributed by atoms with E-state index in [1.807, 2.05) is 74.0 Å². The summed E-state index contributed by atoms with van der Waals surface area (Å²) in [5.41, 5.74) is 10.8. The van der Waals surface area contributed by atoms with Gasteiger partial charge in [0.15, 0.2) is 5.82 Å². The molecule has 4 aromatic rings. The van der Waals surface area contributed by atoms with Gasteiger partial charge in [0.05, 0.1) is 30.3 Å². The number of ether oxygens (including phenoxy) is 2. The molecule has 1 aliphatic rings. The number of nitrogen functional groups attached to an aromatic ring is 1. The number of fused-ring (bicyclic) bond motifs is 1. The molecule has 3 heterocycles. The third-order valence-corrected chi connectivity index (χ3v) is 6.09. The fraction of sp³-hybridized carbons (Fsp3) is 0.321. The van der Waals surface area contributed by atoms with Crippen molar-refractivity contribution in [1.29, 1.82) is 0 Å². The van der Waals surface area contributed by atoms with Gasteiger partial charge in [-0.25, -0.2) is 9.37 Å². The Kier molecular flexibility index (Phi) is 9.04. The van der Waals surface area contributed by atoms with Gasteiger partial charge >= 0.3 is 0 Å².